The number of allylic oxidation sites excluding steroid dienone is 4. The molecule has 0 spiro atoms. The highest BCUT2D eigenvalue weighted by molar-refractivity contribution is 6.29. The van der Waals surface area contributed by atoms with Gasteiger partial charge in [0.05, 0.1) is 5.41 Å². The minimum absolute atomic E-state index is 0.431. The molecule has 0 fully saturated rings. The molecule has 2 aliphatic rings. The van der Waals surface area contributed by atoms with Crippen LogP contribution in [0.1, 0.15) is 40.7 Å². The largest absolute Gasteiger partial charge is 0.208 e. The van der Waals surface area contributed by atoms with Gasteiger partial charge in [0.2, 0.25) is 0 Å². The predicted octanol–water partition coefficient (Wildman–Crippen LogP) is 14.3. The Balaban J connectivity index is 1.19. The van der Waals surface area contributed by atoms with E-state index in [1.807, 2.05) is 36.4 Å². The molecule has 61 heavy (non-hydrogen) atoms. The van der Waals surface area contributed by atoms with Crippen LogP contribution in [0, 0.1) is 0 Å². The van der Waals surface area contributed by atoms with Crippen LogP contribution in [0.5, 0.6) is 0 Å². The highest BCUT2D eigenvalue weighted by Gasteiger charge is 2.48. The molecule has 0 bridgehead atoms. The van der Waals surface area contributed by atoms with Crippen LogP contribution >= 0.6 is 0 Å². The SMILES string of the molecule is C1=C(c2cc(-c3nc(-c4ccccc4)nc(-c4ccccc4)n3)c3c4ccccc4c4ccccc4c3c2)C2=C(CC1)C(c1ccccc1)(c1ccccc1)c1ccccc12. The van der Waals surface area contributed by atoms with Crippen molar-refractivity contribution in [3.8, 4) is 34.2 Å². The Morgan fingerprint density at radius 1 is 0.377 bits per heavy atom. The molecule has 0 atom stereocenters. The van der Waals surface area contributed by atoms with Crippen molar-refractivity contribution in [3.05, 3.63) is 246 Å². The van der Waals surface area contributed by atoms with Gasteiger partial charge in [-0.2, -0.15) is 0 Å². The molecule has 0 amide bonds. The summed E-state index contributed by atoms with van der Waals surface area (Å²) in [7, 11) is 0. The van der Waals surface area contributed by atoms with Gasteiger partial charge in [0.25, 0.3) is 0 Å². The zero-order valence-electron chi connectivity index (χ0n) is 33.5. The van der Waals surface area contributed by atoms with Crippen molar-refractivity contribution in [3.63, 3.8) is 0 Å². The monoisotopic (exact) mass is 777 g/mol. The summed E-state index contributed by atoms with van der Waals surface area (Å²) < 4.78 is 0. The third-order valence-electron chi connectivity index (χ3n) is 12.9. The molecule has 2 aliphatic carbocycles. The maximum absolute atomic E-state index is 5.37. The van der Waals surface area contributed by atoms with Crippen LogP contribution in [0.4, 0.5) is 0 Å². The second-order valence-electron chi connectivity index (χ2n) is 16.1. The van der Waals surface area contributed by atoms with Gasteiger partial charge in [0.1, 0.15) is 0 Å². The van der Waals surface area contributed by atoms with E-state index in [4.69, 9.17) is 15.0 Å². The van der Waals surface area contributed by atoms with Gasteiger partial charge in [-0.3, -0.25) is 0 Å². The van der Waals surface area contributed by atoms with Crippen LogP contribution in [0.2, 0.25) is 0 Å². The highest BCUT2D eigenvalue weighted by Crippen LogP contribution is 2.60. The topological polar surface area (TPSA) is 38.7 Å². The predicted molar refractivity (Wildman–Crippen MR) is 252 cm³/mol. The van der Waals surface area contributed by atoms with Gasteiger partial charge in [-0.25, -0.2) is 15.0 Å². The second kappa shape index (κ2) is 14.2. The fourth-order valence-electron chi connectivity index (χ4n) is 10.4. The Morgan fingerprint density at radius 3 is 1.46 bits per heavy atom. The van der Waals surface area contributed by atoms with Crippen molar-refractivity contribution >= 4 is 43.5 Å². The molecule has 0 aliphatic heterocycles. The highest BCUT2D eigenvalue weighted by atomic mass is 15.0. The number of fused-ring (bicyclic) bond motifs is 8. The van der Waals surface area contributed by atoms with Crippen molar-refractivity contribution in [1.29, 1.82) is 0 Å². The molecule has 10 aromatic rings. The summed E-state index contributed by atoms with van der Waals surface area (Å²) >= 11 is 0. The molecule has 9 aromatic carbocycles. The van der Waals surface area contributed by atoms with E-state index >= 15 is 0 Å². The van der Waals surface area contributed by atoms with E-state index in [0.717, 1.165) is 40.5 Å². The van der Waals surface area contributed by atoms with Gasteiger partial charge in [0, 0.05) is 22.1 Å². The zero-order chi connectivity index (χ0) is 40.3. The summed E-state index contributed by atoms with van der Waals surface area (Å²) in [6.07, 6.45) is 4.37. The van der Waals surface area contributed by atoms with E-state index in [-0.39, 0.29) is 0 Å². The van der Waals surface area contributed by atoms with Crippen molar-refractivity contribution in [2.75, 3.05) is 0 Å². The van der Waals surface area contributed by atoms with Crippen molar-refractivity contribution < 1.29 is 0 Å². The van der Waals surface area contributed by atoms with Crippen molar-refractivity contribution in [2.45, 2.75) is 18.3 Å². The zero-order valence-corrected chi connectivity index (χ0v) is 33.5. The summed E-state index contributed by atoms with van der Waals surface area (Å²) in [5, 5.41) is 7.15. The molecule has 12 rings (SSSR count). The molecule has 0 radical (unpaired) electrons. The smallest absolute Gasteiger partial charge is 0.164 e. The van der Waals surface area contributed by atoms with Crippen LogP contribution in [0.3, 0.4) is 0 Å². The van der Waals surface area contributed by atoms with E-state index in [9.17, 15) is 0 Å². The first-order valence-electron chi connectivity index (χ1n) is 21.2. The maximum Gasteiger partial charge on any atom is 0.164 e. The second-order valence-corrected chi connectivity index (χ2v) is 16.1. The summed E-state index contributed by atoms with van der Waals surface area (Å²) in [6, 6.07) is 74.4. The summed E-state index contributed by atoms with van der Waals surface area (Å²) in [6.45, 7) is 0. The molecule has 0 N–H and O–H groups in total. The molecule has 0 saturated carbocycles. The first kappa shape index (κ1) is 35.2. The molecule has 0 saturated heterocycles. The lowest BCUT2D eigenvalue weighted by molar-refractivity contribution is 0.697. The molecule has 3 heteroatoms. The fourth-order valence-corrected chi connectivity index (χ4v) is 10.4. The van der Waals surface area contributed by atoms with Crippen molar-refractivity contribution in [1.82, 2.24) is 15.0 Å². The third-order valence-corrected chi connectivity index (χ3v) is 12.9. The fraction of sp³-hybridized carbons (Fsp3) is 0.0517. The van der Waals surface area contributed by atoms with E-state index in [1.54, 1.807) is 0 Å². The minimum Gasteiger partial charge on any atom is -0.208 e. The van der Waals surface area contributed by atoms with E-state index in [0.29, 0.717) is 17.5 Å². The molecular weight excluding hydrogens is 739 g/mol. The third kappa shape index (κ3) is 5.47. The summed E-state index contributed by atoms with van der Waals surface area (Å²) in [5.41, 5.74) is 12.9. The first-order chi connectivity index (χ1) is 30.3. The normalized spacial score (nSPS) is 14.3. The van der Waals surface area contributed by atoms with Gasteiger partial charge in [0.15, 0.2) is 17.5 Å². The van der Waals surface area contributed by atoms with Gasteiger partial charge < -0.3 is 0 Å². The van der Waals surface area contributed by atoms with Gasteiger partial charge in [-0.15, -0.1) is 0 Å². The number of hydrogen-bond acceptors (Lipinski definition) is 3. The Labute approximate surface area is 355 Å². The maximum atomic E-state index is 5.37. The lowest BCUT2D eigenvalue weighted by Crippen LogP contribution is -2.30. The van der Waals surface area contributed by atoms with E-state index in [2.05, 4.69) is 176 Å². The van der Waals surface area contributed by atoms with Crippen LogP contribution < -0.4 is 0 Å². The van der Waals surface area contributed by atoms with Crippen LogP contribution in [-0.2, 0) is 5.41 Å². The van der Waals surface area contributed by atoms with Crippen LogP contribution in [0.15, 0.2) is 218 Å². The van der Waals surface area contributed by atoms with E-state index < -0.39 is 5.41 Å². The number of hydrogen-bond donors (Lipinski definition) is 0. The van der Waals surface area contributed by atoms with Crippen LogP contribution in [0.25, 0.3) is 77.6 Å². The Morgan fingerprint density at radius 2 is 0.852 bits per heavy atom. The minimum atomic E-state index is -0.431. The Kier molecular flexibility index (Phi) is 8.21. The molecular formula is C58H39N3. The number of benzene rings is 9. The first-order valence-corrected chi connectivity index (χ1v) is 21.2. The Hall–Kier alpha value is -7.75. The summed E-state index contributed by atoms with van der Waals surface area (Å²) in [5.74, 6) is 1.95. The molecule has 286 valence electrons. The van der Waals surface area contributed by atoms with Crippen LogP contribution in [-0.4, -0.2) is 15.0 Å². The molecule has 3 nitrogen and oxygen atoms in total. The van der Waals surface area contributed by atoms with Crippen molar-refractivity contribution in [2.24, 2.45) is 0 Å². The molecule has 0 unspecified atom stereocenters. The van der Waals surface area contributed by atoms with Gasteiger partial charge in [-0.05, 0) is 96.4 Å². The van der Waals surface area contributed by atoms with Gasteiger partial charge >= 0.3 is 0 Å². The number of rotatable bonds is 6. The van der Waals surface area contributed by atoms with Gasteiger partial charge in [-0.1, -0.05) is 200 Å². The Bertz CT molecular complexity index is 3290. The number of nitrogens with zero attached hydrogens (tertiary/aromatic N) is 3. The van der Waals surface area contributed by atoms with E-state index in [1.165, 1.54) is 65.9 Å². The molecule has 1 heterocycles. The quantitative estimate of drug-likeness (QED) is 0.158. The lowest BCUT2D eigenvalue weighted by Gasteiger charge is -2.36. The molecule has 1 aromatic heterocycles. The summed E-state index contributed by atoms with van der Waals surface area (Å²) in [4.78, 5) is 15.9. The average molecular weight is 778 g/mol. The standard InChI is InChI=1S/C58H39N3/c1-5-20-38(21-6-1)55-59-56(39-22-7-2-8-23-39)61-57(60-55)50-37-40(36-49-46-30-14-13-28-44(46)45-29-15-16-31-47(45)53(49)50)43-33-19-35-52-54(43)48-32-17-18-34-51(48)58(52,41-24-9-3-10-25-41)42-26-11-4-12-27-42/h1-18,20-34,36-37H,19,35H2. The number of aromatic nitrogens is 3. The lowest BCUT2D eigenvalue weighted by atomic mass is 9.65. The average Bonchev–Trinajstić information content (AvgIpc) is 3.66.